The first-order chi connectivity index (χ1) is 7.22. The molecule has 0 aliphatic carbocycles. The molecular weight excluding hydrogens is 192 g/mol. The van der Waals surface area contributed by atoms with Gasteiger partial charge >= 0.3 is 0 Å². The summed E-state index contributed by atoms with van der Waals surface area (Å²) < 4.78 is 5.17. The van der Waals surface area contributed by atoms with Crippen molar-refractivity contribution in [1.82, 2.24) is 0 Å². The van der Waals surface area contributed by atoms with Crippen molar-refractivity contribution in [2.75, 3.05) is 0 Å². The Labute approximate surface area is 87.3 Å². The Morgan fingerprint density at radius 1 is 1.47 bits per heavy atom. The summed E-state index contributed by atoms with van der Waals surface area (Å²) in [7, 11) is 0. The van der Waals surface area contributed by atoms with E-state index in [2.05, 4.69) is 0 Å². The highest BCUT2D eigenvalue weighted by molar-refractivity contribution is 5.86. The molecule has 1 atom stereocenters. The molecule has 0 saturated heterocycles. The fourth-order valence-electron chi connectivity index (χ4n) is 1.53. The van der Waals surface area contributed by atoms with Crippen LogP contribution in [0, 0.1) is 0 Å². The van der Waals surface area contributed by atoms with Gasteiger partial charge in [0, 0.05) is 11.8 Å². The molecule has 1 N–H and O–H groups in total. The summed E-state index contributed by atoms with van der Waals surface area (Å²) in [5.74, 6) is -0.169. The summed E-state index contributed by atoms with van der Waals surface area (Å²) in [6, 6.07) is 7.06. The summed E-state index contributed by atoms with van der Waals surface area (Å²) in [6.45, 7) is 1.74. The third-order valence-electron chi connectivity index (χ3n) is 2.45. The van der Waals surface area contributed by atoms with Crippen molar-refractivity contribution in [1.29, 1.82) is 0 Å². The predicted octanol–water partition coefficient (Wildman–Crippen LogP) is 2.45. The van der Waals surface area contributed by atoms with Crippen molar-refractivity contribution in [3.05, 3.63) is 36.1 Å². The normalized spacial score (nSPS) is 12.9. The lowest BCUT2D eigenvalue weighted by molar-refractivity contribution is -0.127. The van der Waals surface area contributed by atoms with Gasteiger partial charge in [-0.3, -0.25) is 4.79 Å². The van der Waals surface area contributed by atoms with Crippen LogP contribution in [0.3, 0.4) is 0 Å². The van der Waals surface area contributed by atoms with Crippen LogP contribution in [0.1, 0.15) is 25.0 Å². The van der Waals surface area contributed by atoms with E-state index in [1.807, 2.05) is 6.07 Å². The van der Waals surface area contributed by atoms with E-state index >= 15 is 0 Å². The zero-order valence-electron chi connectivity index (χ0n) is 8.43. The molecule has 1 aromatic heterocycles. The standard InChI is InChI=1S/C12H12O3/c1-2-10(13)12(14)9-3-4-11-8(7-9)5-6-15-11/h3-7,12,14H,2H2,1H3. The molecule has 0 fully saturated rings. The Bertz CT molecular complexity index is 484. The van der Waals surface area contributed by atoms with Gasteiger partial charge in [0.15, 0.2) is 5.78 Å². The number of benzene rings is 1. The minimum absolute atomic E-state index is 0.169. The van der Waals surface area contributed by atoms with Gasteiger partial charge in [-0.15, -0.1) is 0 Å². The van der Waals surface area contributed by atoms with E-state index in [4.69, 9.17) is 4.42 Å². The van der Waals surface area contributed by atoms with Gasteiger partial charge in [-0.1, -0.05) is 13.0 Å². The Kier molecular flexibility index (Phi) is 2.56. The number of hydrogen-bond donors (Lipinski definition) is 1. The summed E-state index contributed by atoms with van der Waals surface area (Å²) in [6.07, 6.45) is 0.905. The van der Waals surface area contributed by atoms with Crippen LogP contribution in [0.25, 0.3) is 11.0 Å². The first kappa shape index (κ1) is 9.93. The molecule has 2 rings (SSSR count). The van der Waals surface area contributed by atoms with Crippen molar-refractivity contribution < 1.29 is 14.3 Å². The molecule has 78 valence electrons. The fraction of sp³-hybridized carbons (Fsp3) is 0.250. The number of aliphatic hydroxyl groups excluding tert-OH is 1. The number of ketones is 1. The Balaban J connectivity index is 2.39. The molecule has 1 heterocycles. The monoisotopic (exact) mass is 204 g/mol. The second kappa shape index (κ2) is 3.87. The third kappa shape index (κ3) is 1.78. The molecule has 0 amide bonds. The average molecular weight is 204 g/mol. The topological polar surface area (TPSA) is 50.4 Å². The number of hydrogen-bond acceptors (Lipinski definition) is 3. The van der Waals surface area contributed by atoms with Crippen molar-refractivity contribution in [2.45, 2.75) is 19.4 Å². The van der Waals surface area contributed by atoms with Crippen LogP contribution in [0.4, 0.5) is 0 Å². The van der Waals surface area contributed by atoms with E-state index in [9.17, 15) is 9.90 Å². The largest absolute Gasteiger partial charge is 0.464 e. The summed E-state index contributed by atoms with van der Waals surface area (Å²) in [5.41, 5.74) is 1.38. The second-order valence-electron chi connectivity index (χ2n) is 3.44. The zero-order valence-corrected chi connectivity index (χ0v) is 8.43. The Hall–Kier alpha value is -1.61. The lowest BCUT2D eigenvalue weighted by Gasteiger charge is -2.07. The molecular formula is C12H12O3. The maximum Gasteiger partial charge on any atom is 0.165 e. The van der Waals surface area contributed by atoms with Crippen LogP contribution in [-0.4, -0.2) is 10.9 Å². The molecule has 0 spiro atoms. The molecule has 3 heteroatoms. The van der Waals surface area contributed by atoms with Gasteiger partial charge in [0.2, 0.25) is 0 Å². The van der Waals surface area contributed by atoms with E-state index in [0.717, 1.165) is 11.0 Å². The van der Waals surface area contributed by atoms with Crippen LogP contribution in [0.2, 0.25) is 0 Å². The molecule has 0 radical (unpaired) electrons. The molecule has 3 nitrogen and oxygen atoms in total. The molecule has 0 aliphatic rings. The lowest BCUT2D eigenvalue weighted by Crippen LogP contribution is -2.10. The van der Waals surface area contributed by atoms with Crippen LogP contribution < -0.4 is 0 Å². The van der Waals surface area contributed by atoms with E-state index < -0.39 is 6.10 Å². The first-order valence-electron chi connectivity index (χ1n) is 4.90. The highest BCUT2D eigenvalue weighted by Crippen LogP contribution is 2.22. The first-order valence-corrected chi connectivity index (χ1v) is 4.90. The number of carbonyl (C=O) groups excluding carboxylic acids is 1. The smallest absolute Gasteiger partial charge is 0.165 e. The predicted molar refractivity (Wildman–Crippen MR) is 56.5 cm³/mol. The lowest BCUT2D eigenvalue weighted by atomic mass is 10.0. The average Bonchev–Trinajstić information content (AvgIpc) is 2.73. The molecule has 1 unspecified atom stereocenters. The molecule has 2 aromatic rings. The maximum atomic E-state index is 11.3. The molecule has 0 bridgehead atoms. The van der Waals surface area contributed by atoms with Crippen molar-refractivity contribution in [3.8, 4) is 0 Å². The van der Waals surface area contributed by atoms with Crippen LogP contribution in [0.15, 0.2) is 34.9 Å². The van der Waals surface area contributed by atoms with E-state index in [-0.39, 0.29) is 5.78 Å². The molecule has 0 aliphatic heterocycles. The number of carbonyl (C=O) groups is 1. The van der Waals surface area contributed by atoms with Gasteiger partial charge in [0.25, 0.3) is 0 Å². The van der Waals surface area contributed by atoms with Gasteiger partial charge in [-0.2, -0.15) is 0 Å². The van der Waals surface area contributed by atoms with Crippen molar-refractivity contribution in [3.63, 3.8) is 0 Å². The SMILES string of the molecule is CCC(=O)C(O)c1ccc2occc2c1. The van der Waals surface area contributed by atoms with Crippen LogP contribution >= 0.6 is 0 Å². The zero-order chi connectivity index (χ0) is 10.8. The number of fused-ring (bicyclic) bond motifs is 1. The number of furan rings is 1. The summed E-state index contributed by atoms with van der Waals surface area (Å²) in [5, 5.41) is 10.6. The van der Waals surface area contributed by atoms with Crippen molar-refractivity contribution in [2.24, 2.45) is 0 Å². The second-order valence-corrected chi connectivity index (χ2v) is 3.44. The summed E-state index contributed by atoms with van der Waals surface area (Å²) in [4.78, 5) is 11.3. The Morgan fingerprint density at radius 3 is 3.00 bits per heavy atom. The van der Waals surface area contributed by atoms with E-state index in [1.165, 1.54) is 0 Å². The summed E-state index contributed by atoms with van der Waals surface area (Å²) >= 11 is 0. The molecule has 15 heavy (non-hydrogen) atoms. The molecule has 0 saturated carbocycles. The third-order valence-corrected chi connectivity index (χ3v) is 2.45. The fourth-order valence-corrected chi connectivity index (χ4v) is 1.53. The van der Waals surface area contributed by atoms with Crippen LogP contribution in [-0.2, 0) is 4.79 Å². The maximum absolute atomic E-state index is 11.3. The van der Waals surface area contributed by atoms with Gasteiger partial charge < -0.3 is 9.52 Å². The van der Waals surface area contributed by atoms with Gasteiger partial charge in [-0.05, 0) is 23.8 Å². The quantitative estimate of drug-likeness (QED) is 0.835. The van der Waals surface area contributed by atoms with Gasteiger partial charge in [-0.25, -0.2) is 0 Å². The van der Waals surface area contributed by atoms with Crippen LogP contribution in [0.5, 0.6) is 0 Å². The Morgan fingerprint density at radius 2 is 2.27 bits per heavy atom. The number of Topliss-reactive ketones (excluding diaryl/α,β-unsaturated/α-hetero) is 1. The van der Waals surface area contributed by atoms with E-state index in [0.29, 0.717) is 12.0 Å². The van der Waals surface area contributed by atoms with E-state index in [1.54, 1.807) is 31.4 Å². The number of rotatable bonds is 3. The minimum Gasteiger partial charge on any atom is -0.464 e. The van der Waals surface area contributed by atoms with Crippen molar-refractivity contribution >= 4 is 16.8 Å². The van der Waals surface area contributed by atoms with Gasteiger partial charge in [0.1, 0.15) is 11.7 Å². The van der Waals surface area contributed by atoms with Gasteiger partial charge in [0.05, 0.1) is 6.26 Å². The molecule has 1 aromatic carbocycles. The number of aliphatic hydroxyl groups is 1. The highest BCUT2D eigenvalue weighted by atomic mass is 16.3. The minimum atomic E-state index is -1.02. The highest BCUT2D eigenvalue weighted by Gasteiger charge is 2.15.